The number of H-pyrrole nitrogens is 1. The average molecular weight is 286 g/mol. The third kappa shape index (κ3) is 4.83. The summed E-state index contributed by atoms with van der Waals surface area (Å²) in [5, 5.41) is 13.8. The van der Waals surface area contributed by atoms with Gasteiger partial charge in [-0.1, -0.05) is 12.1 Å². The van der Waals surface area contributed by atoms with Gasteiger partial charge in [-0.3, -0.25) is 0 Å². The molecule has 2 rings (SSSR count). The molecular formula is C14H14N4O3. The van der Waals surface area contributed by atoms with Gasteiger partial charge >= 0.3 is 12.0 Å². The largest absolute Gasteiger partial charge is 0.478 e. The minimum atomic E-state index is -1.01. The number of benzene rings is 1. The lowest BCUT2D eigenvalue weighted by atomic mass is 10.2. The van der Waals surface area contributed by atoms with Crippen molar-refractivity contribution in [1.82, 2.24) is 15.3 Å². The fraction of sp³-hybridized carbons (Fsp3) is 0.0714. The minimum Gasteiger partial charge on any atom is -0.478 e. The van der Waals surface area contributed by atoms with Gasteiger partial charge in [0.2, 0.25) is 0 Å². The number of carboxylic acids is 1. The monoisotopic (exact) mass is 286 g/mol. The number of amides is 2. The van der Waals surface area contributed by atoms with E-state index in [1.165, 1.54) is 6.08 Å². The highest BCUT2D eigenvalue weighted by molar-refractivity contribution is 5.89. The van der Waals surface area contributed by atoms with Crippen molar-refractivity contribution in [2.75, 3.05) is 5.32 Å². The molecule has 1 heterocycles. The van der Waals surface area contributed by atoms with Crippen molar-refractivity contribution in [3.8, 4) is 0 Å². The van der Waals surface area contributed by atoms with Gasteiger partial charge in [0.25, 0.3) is 0 Å². The van der Waals surface area contributed by atoms with E-state index in [1.54, 1.807) is 36.7 Å². The Balaban J connectivity index is 1.85. The van der Waals surface area contributed by atoms with Crippen LogP contribution in [0.3, 0.4) is 0 Å². The number of aliphatic carboxylic acids is 1. The van der Waals surface area contributed by atoms with Crippen molar-refractivity contribution in [3.05, 3.63) is 54.1 Å². The molecule has 2 aromatic rings. The molecule has 0 radical (unpaired) electrons. The van der Waals surface area contributed by atoms with Crippen molar-refractivity contribution in [2.24, 2.45) is 0 Å². The molecule has 0 aliphatic rings. The van der Waals surface area contributed by atoms with E-state index in [-0.39, 0.29) is 6.03 Å². The number of carbonyl (C=O) groups excluding carboxylic acids is 1. The van der Waals surface area contributed by atoms with Gasteiger partial charge in [0, 0.05) is 24.2 Å². The van der Waals surface area contributed by atoms with E-state index in [4.69, 9.17) is 5.11 Å². The first kappa shape index (κ1) is 14.3. The number of carbonyl (C=O) groups is 2. The van der Waals surface area contributed by atoms with Gasteiger partial charge in [0.15, 0.2) is 0 Å². The van der Waals surface area contributed by atoms with Crippen LogP contribution in [0.1, 0.15) is 11.4 Å². The number of nitrogens with one attached hydrogen (secondary N) is 3. The number of aromatic nitrogens is 2. The van der Waals surface area contributed by atoms with Crippen LogP contribution in [0.25, 0.3) is 6.08 Å². The molecule has 0 unspecified atom stereocenters. The summed E-state index contributed by atoms with van der Waals surface area (Å²) >= 11 is 0. The predicted molar refractivity (Wildman–Crippen MR) is 77.6 cm³/mol. The maximum atomic E-state index is 11.7. The standard InChI is InChI=1S/C14H14N4O3/c19-13(20)6-3-10-1-4-11(5-2-10)18-14(21)17-9-12-15-7-8-16-12/h1-8H,9H2,(H,15,16)(H,19,20)(H2,17,18,21). The quantitative estimate of drug-likeness (QED) is 0.629. The fourth-order valence-corrected chi connectivity index (χ4v) is 1.58. The molecule has 1 aromatic carbocycles. The molecule has 0 fully saturated rings. The van der Waals surface area contributed by atoms with Gasteiger partial charge in [-0.15, -0.1) is 0 Å². The summed E-state index contributed by atoms with van der Waals surface area (Å²) in [5.41, 5.74) is 1.35. The summed E-state index contributed by atoms with van der Waals surface area (Å²) in [6, 6.07) is 6.45. The van der Waals surface area contributed by atoms with E-state index in [0.717, 1.165) is 11.6 Å². The summed E-state index contributed by atoms with van der Waals surface area (Å²) in [4.78, 5) is 28.9. The van der Waals surface area contributed by atoms with Crippen LogP contribution in [0.15, 0.2) is 42.7 Å². The SMILES string of the molecule is O=C(O)C=Cc1ccc(NC(=O)NCc2ncc[nH]2)cc1. The first-order valence-electron chi connectivity index (χ1n) is 6.17. The van der Waals surface area contributed by atoms with Gasteiger partial charge in [0.05, 0.1) is 6.54 Å². The van der Waals surface area contributed by atoms with Crippen LogP contribution < -0.4 is 10.6 Å². The number of nitrogens with zero attached hydrogens (tertiary/aromatic N) is 1. The summed E-state index contributed by atoms with van der Waals surface area (Å²) in [5.74, 6) is -0.339. The van der Waals surface area contributed by atoms with Crippen LogP contribution in [0.2, 0.25) is 0 Å². The average Bonchev–Trinajstić information content (AvgIpc) is 2.98. The molecule has 21 heavy (non-hydrogen) atoms. The smallest absolute Gasteiger partial charge is 0.328 e. The number of imidazole rings is 1. The second-order valence-corrected chi connectivity index (χ2v) is 4.14. The Morgan fingerprint density at radius 2 is 2.05 bits per heavy atom. The van der Waals surface area contributed by atoms with Crippen molar-refractivity contribution in [1.29, 1.82) is 0 Å². The highest BCUT2D eigenvalue weighted by atomic mass is 16.4. The summed E-state index contributed by atoms with van der Waals surface area (Å²) in [7, 11) is 0. The van der Waals surface area contributed by atoms with E-state index < -0.39 is 5.97 Å². The number of aromatic amines is 1. The molecule has 7 nitrogen and oxygen atoms in total. The van der Waals surface area contributed by atoms with Gasteiger partial charge < -0.3 is 20.7 Å². The number of carboxylic acid groups (broad SMARTS) is 1. The zero-order valence-electron chi connectivity index (χ0n) is 11.0. The molecule has 2 amide bonds. The summed E-state index contributed by atoms with van der Waals surface area (Å²) in [6.07, 6.45) is 5.82. The van der Waals surface area contributed by atoms with Gasteiger partial charge in [0.1, 0.15) is 5.82 Å². The number of anilines is 1. The number of urea groups is 1. The lowest BCUT2D eigenvalue weighted by molar-refractivity contribution is -0.131. The number of rotatable bonds is 5. The normalized spacial score (nSPS) is 10.5. The Morgan fingerprint density at radius 1 is 1.29 bits per heavy atom. The summed E-state index contributed by atoms with van der Waals surface area (Å²) in [6.45, 7) is 0.304. The highest BCUT2D eigenvalue weighted by Gasteiger charge is 2.02. The molecule has 0 atom stereocenters. The zero-order valence-corrected chi connectivity index (χ0v) is 11.0. The topological polar surface area (TPSA) is 107 Å². The lowest BCUT2D eigenvalue weighted by Gasteiger charge is -2.06. The third-order valence-corrected chi connectivity index (χ3v) is 2.56. The van der Waals surface area contributed by atoms with Crippen molar-refractivity contribution >= 4 is 23.8 Å². The Kier molecular flexibility index (Phi) is 4.70. The Hall–Kier alpha value is -3.09. The highest BCUT2D eigenvalue weighted by Crippen LogP contribution is 2.10. The second-order valence-electron chi connectivity index (χ2n) is 4.14. The summed E-state index contributed by atoms with van der Waals surface area (Å²) < 4.78 is 0. The molecule has 7 heteroatoms. The van der Waals surface area contributed by atoms with Crippen LogP contribution in [0, 0.1) is 0 Å². The van der Waals surface area contributed by atoms with Crippen molar-refractivity contribution in [2.45, 2.75) is 6.54 Å². The van der Waals surface area contributed by atoms with E-state index in [0.29, 0.717) is 18.1 Å². The zero-order chi connectivity index (χ0) is 15.1. The third-order valence-electron chi connectivity index (χ3n) is 2.56. The molecule has 4 N–H and O–H groups in total. The Morgan fingerprint density at radius 3 is 2.67 bits per heavy atom. The van der Waals surface area contributed by atoms with E-state index in [2.05, 4.69) is 20.6 Å². The predicted octanol–water partition coefficient (Wildman–Crippen LogP) is 1.83. The minimum absolute atomic E-state index is 0.304. The molecule has 0 saturated heterocycles. The van der Waals surface area contributed by atoms with E-state index >= 15 is 0 Å². The first-order chi connectivity index (χ1) is 10.1. The molecule has 108 valence electrons. The molecular weight excluding hydrogens is 272 g/mol. The van der Waals surface area contributed by atoms with Crippen LogP contribution >= 0.6 is 0 Å². The van der Waals surface area contributed by atoms with Gasteiger partial charge in [-0.2, -0.15) is 0 Å². The van der Waals surface area contributed by atoms with E-state index in [1.807, 2.05) is 0 Å². The first-order valence-corrected chi connectivity index (χ1v) is 6.17. The number of hydrogen-bond acceptors (Lipinski definition) is 3. The Bertz CT molecular complexity index is 633. The number of hydrogen-bond donors (Lipinski definition) is 4. The molecule has 0 saturated carbocycles. The maximum Gasteiger partial charge on any atom is 0.328 e. The molecule has 0 aliphatic carbocycles. The molecule has 0 spiro atoms. The van der Waals surface area contributed by atoms with Crippen LogP contribution in [0.4, 0.5) is 10.5 Å². The van der Waals surface area contributed by atoms with Crippen LogP contribution in [-0.2, 0) is 11.3 Å². The van der Waals surface area contributed by atoms with E-state index in [9.17, 15) is 9.59 Å². The van der Waals surface area contributed by atoms with Crippen molar-refractivity contribution in [3.63, 3.8) is 0 Å². The fourth-order valence-electron chi connectivity index (χ4n) is 1.58. The van der Waals surface area contributed by atoms with Gasteiger partial charge in [-0.25, -0.2) is 14.6 Å². The van der Waals surface area contributed by atoms with Crippen LogP contribution in [-0.4, -0.2) is 27.1 Å². The molecule has 0 bridgehead atoms. The van der Waals surface area contributed by atoms with Crippen molar-refractivity contribution < 1.29 is 14.7 Å². The Labute approximate surface area is 120 Å². The second kappa shape index (κ2) is 6.90. The molecule has 0 aliphatic heterocycles. The maximum absolute atomic E-state index is 11.7. The molecule has 1 aromatic heterocycles. The van der Waals surface area contributed by atoms with Gasteiger partial charge in [-0.05, 0) is 23.8 Å². The lowest BCUT2D eigenvalue weighted by Crippen LogP contribution is -2.28. The van der Waals surface area contributed by atoms with Crippen LogP contribution in [0.5, 0.6) is 0 Å².